The number of piperazine rings is 1. The van der Waals surface area contributed by atoms with Crippen LogP contribution in [0.4, 0.5) is 0 Å². The largest absolute Gasteiger partial charge is 0.356 e. The van der Waals surface area contributed by atoms with Gasteiger partial charge in [0.1, 0.15) is 17.7 Å². The van der Waals surface area contributed by atoms with Crippen molar-refractivity contribution in [2.45, 2.75) is 43.9 Å². The molecule has 198 valence electrons. The first-order valence-corrected chi connectivity index (χ1v) is 14.0. The summed E-state index contributed by atoms with van der Waals surface area (Å²) in [6.45, 7) is 2.86. The smallest absolute Gasteiger partial charge is 0.246 e. The van der Waals surface area contributed by atoms with Gasteiger partial charge in [-0.1, -0.05) is 66.2 Å². The van der Waals surface area contributed by atoms with Gasteiger partial charge < -0.3 is 14.8 Å². The molecule has 0 unspecified atom stereocenters. The number of para-hydroxylation sites is 1. The lowest BCUT2D eigenvalue weighted by atomic mass is 9.86. The number of benzene rings is 2. The van der Waals surface area contributed by atoms with Crippen molar-refractivity contribution in [2.24, 2.45) is 0 Å². The number of likely N-dealkylation sites (tertiary alicyclic amines) is 1. The van der Waals surface area contributed by atoms with Crippen molar-refractivity contribution < 1.29 is 9.59 Å². The molecule has 2 saturated heterocycles. The lowest BCUT2D eigenvalue weighted by molar-refractivity contribution is -0.161. The summed E-state index contributed by atoms with van der Waals surface area (Å²) in [5.41, 5.74) is 5.22. The van der Waals surface area contributed by atoms with Crippen LogP contribution in [0.5, 0.6) is 0 Å². The highest BCUT2D eigenvalue weighted by Gasteiger charge is 2.49. The summed E-state index contributed by atoms with van der Waals surface area (Å²) < 4.78 is 0. The second-order valence-corrected chi connectivity index (χ2v) is 11.2. The minimum Gasteiger partial charge on any atom is -0.356 e. The molecule has 0 spiro atoms. The number of nitrogens with zero attached hydrogens (tertiary/aromatic N) is 4. The van der Waals surface area contributed by atoms with Gasteiger partial charge in [0.05, 0.1) is 6.04 Å². The van der Waals surface area contributed by atoms with Gasteiger partial charge in [0, 0.05) is 54.9 Å². The van der Waals surface area contributed by atoms with Gasteiger partial charge in [0.25, 0.3) is 0 Å². The molecule has 2 aromatic carbocycles. The highest BCUT2D eigenvalue weighted by molar-refractivity contribution is 6.29. The van der Waals surface area contributed by atoms with Crippen molar-refractivity contribution in [1.29, 1.82) is 0 Å². The Labute approximate surface area is 232 Å². The third-order valence-corrected chi connectivity index (χ3v) is 8.83. The molecule has 7 rings (SSSR count). The number of aromatic amines is 1. The van der Waals surface area contributed by atoms with Gasteiger partial charge in [-0.3, -0.25) is 14.5 Å². The number of aromatic nitrogens is 2. The Balaban J connectivity index is 1.18. The minimum absolute atomic E-state index is 0.0180. The molecule has 2 fully saturated rings. The van der Waals surface area contributed by atoms with Crippen LogP contribution in [0.1, 0.15) is 41.3 Å². The number of rotatable bonds is 4. The predicted octanol–water partition coefficient (Wildman–Crippen LogP) is 4.57. The van der Waals surface area contributed by atoms with Gasteiger partial charge in [-0.15, -0.1) is 0 Å². The normalized spacial score (nSPS) is 22.3. The molecule has 8 heteroatoms. The van der Waals surface area contributed by atoms with E-state index in [0.717, 1.165) is 60.2 Å². The summed E-state index contributed by atoms with van der Waals surface area (Å²) in [5, 5.41) is 1.50. The molecule has 39 heavy (non-hydrogen) atoms. The van der Waals surface area contributed by atoms with Crippen LogP contribution in [0.25, 0.3) is 10.9 Å². The molecule has 7 nitrogen and oxygen atoms in total. The second-order valence-electron chi connectivity index (χ2n) is 10.9. The fourth-order valence-corrected chi connectivity index (χ4v) is 6.83. The van der Waals surface area contributed by atoms with Crippen LogP contribution in [0.3, 0.4) is 0 Å². The average Bonchev–Trinajstić information content (AvgIpc) is 3.34. The molecular weight excluding hydrogens is 510 g/mol. The number of piperidine rings is 1. The zero-order valence-electron chi connectivity index (χ0n) is 21.6. The van der Waals surface area contributed by atoms with Gasteiger partial charge in [-0.25, -0.2) is 4.98 Å². The van der Waals surface area contributed by atoms with E-state index in [2.05, 4.69) is 45.2 Å². The Morgan fingerprint density at radius 3 is 2.49 bits per heavy atom. The van der Waals surface area contributed by atoms with E-state index in [-0.39, 0.29) is 24.4 Å². The summed E-state index contributed by atoms with van der Waals surface area (Å²) in [4.78, 5) is 42.0. The molecule has 2 amide bonds. The van der Waals surface area contributed by atoms with Crippen LogP contribution in [0.2, 0.25) is 5.15 Å². The van der Waals surface area contributed by atoms with E-state index in [4.69, 9.17) is 11.6 Å². The second kappa shape index (κ2) is 9.81. The molecule has 3 aliphatic heterocycles. The van der Waals surface area contributed by atoms with Gasteiger partial charge in [0.2, 0.25) is 11.8 Å². The molecule has 2 atom stereocenters. The molecule has 0 aliphatic carbocycles. The Hall–Kier alpha value is -3.68. The number of carbonyl (C=O) groups excluding carboxylic acids is 2. The first-order chi connectivity index (χ1) is 19.1. The number of halogens is 1. The molecule has 4 aromatic rings. The zero-order chi connectivity index (χ0) is 26.5. The monoisotopic (exact) mass is 539 g/mol. The van der Waals surface area contributed by atoms with Gasteiger partial charge in [-0.2, -0.15) is 0 Å². The van der Waals surface area contributed by atoms with Crippen LogP contribution in [-0.2, 0) is 22.6 Å². The number of H-pyrrole nitrogens is 1. The highest BCUT2D eigenvalue weighted by Crippen LogP contribution is 2.43. The van der Waals surface area contributed by atoms with E-state index in [1.54, 1.807) is 17.2 Å². The molecule has 5 heterocycles. The SMILES string of the molecule is O=C1[C@H]2Cc3c([nH]c4ccccc34)[C@@H](c3ccc(Cl)nc3)N2C(=O)CN1C1CCN(Cc2ccccc2)CC1. The number of hydrogen-bond acceptors (Lipinski definition) is 4. The number of fused-ring (bicyclic) bond motifs is 4. The average molecular weight is 540 g/mol. The Kier molecular flexibility index (Phi) is 6.13. The van der Waals surface area contributed by atoms with Gasteiger partial charge in [0.15, 0.2) is 0 Å². The first-order valence-electron chi connectivity index (χ1n) is 13.7. The Morgan fingerprint density at radius 2 is 1.72 bits per heavy atom. The predicted molar refractivity (Wildman–Crippen MR) is 150 cm³/mol. The van der Waals surface area contributed by atoms with Crippen molar-refractivity contribution in [3.05, 3.63) is 100 Å². The molecule has 0 bridgehead atoms. The van der Waals surface area contributed by atoms with Crippen molar-refractivity contribution in [3.8, 4) is 0 Å². The van der Waals surface area contributed by atoms with Crippen LogP contribution < -0.4 is 0 Å². The highest BCUT2D eigenvalue weighted by atomic mass is 35.5. The summed E-state index contributed by atoms with van der Waals surface area (Å²) in [7, 11) is 0. The van der Waals surface area contributed by atoms with Crippen molar-refractivity contribution in [1.82, 2.24) is 24.7 Å². The maximum Gasteiger partial charge on any atom is 0.246 e. The third kappa shape index (κ3) is 4.30. The molecule has 2 aromatic heterocycles. The fourth-order valence-electron chi connectivity index (χ4n) is 6.72. The quantitative estimate of drug-likeness (QED) is 0.386. The van der Waals surface area contributed by atoms with E-state index in [1.807, 2.05) is 35.2 Å². The number of hydrogen-bond donors (Lipinski definition) is 1. The van der Waals surface area contributed by atoms with E-state index in [0.29, 0.717) is 11.6 Å². The number of pyridine rings is 1. The van der Waals surface area contributed by atoms with Crippen molar-refractivity contribution in [2.75, 3.05) is 19.6 Å². The molecule has 3 aliphatic rings. The number of nitrogens with one attached hydrogen (secondary N) is 1. The summed E-state index contributed by atoms with van der Waals surface area (Å²) in [6, 6.07) is 21.4. The first kappa shape index (κ1) is 24.4. The Morgan fingerprint density at radius 1 is 0.949 bits per heavy atom. The standard InChI is InChI=1S/C31H30ClN5O2/c32-27-11-10-21(17-33-27)30-29-24(23-8-4-5-9-25(23)34-29)16-26-31(39)36(19-28(38)37(26)30)22-12-14-35(15-13-22)18-20-6-2-1-3-7-20/h1-11,17,22,26,30,34H,12-16,18-19H2/t26-,30-/m1/s1. The minimum atomic E-state index is -0.541. The topological polar surface area (TPSA) is 72.5 Å². The van der Waals surface area contributed by atoms with E-state index in [1.165, 1.54) is 5.56 Å². The van der Waals surface area contributed by atoms with Crippen molar-refractivity contribution in [3.63, 3.8) is 0 Å². The van der Waals surface area contributed by atoms with E-state index in [9.17, 15) is 9.59 Å². The fraction of sp³-hybridized carbons (Fsp3) is 0.323. The molecule has 0 radical (unpaired) electrons. The summed E-state index contributed by atoms with van der Waals surface area (Å²) in [6.07, 6.45) is 3.98. The van der Waals surface area contributed by atoms with Crippen LogP contribution >= 0.6 is 11.6 Å². The van der Waals surface area contributed by atoms with Crippen molar-refractivity contribution >= 4 is 34.3 Å². The molecular formula is C31H30ClN5O2. The number of carbonyl (C=O) groups is 2. The lowest BCUT2D eigenvalue weighted by Gasteiger charge is -2.49. The number of amides is 2. The Bertz CT molecular complexity index is 1530. The van der Waals surface area contributed by atoms with Crippen LogP contribution in [-0.4, -0.2) is 68.2 Å². The van der Waals surface area contributed by atoms with E-state index >= 15 is 0 Å². The van der Waals surface area contributed by atoms with E-state index < -0.39 is 12.1 Å². The molecule has 1 N–H and O–H groups in total. The van der Waals surface area contributed by atoms with Gasteiger partial charge in [-0.05, 0) is 41.7 Å². The van der Waals surface area contributed by atoms with Crippen LogP contribution in [0.15, 0.2) is 72.9 Å². The molecule has 0 saturated carbocycles. The summed E-state index contributed by atoms with van der Waals surface area (Å²) in [5.74, 6) is 0.0366. The lowest BCUT2D eigenvalue weighted by Crippen LogP contribution is -2.65. The summed E-state index contributed by atoms with van der Waals surface area (Å²) >= 11 is 6.10. The zero-order valence-corrected chi connectivity index (χ0v) is 22.3. The third-order valence-electron chi connectivity index (χ3n) is 8.61. The maximum atomic E-state index is 14.1. The van der Waals surface area contributed by atoms with Crippen LogP contribution in [0, 0.1) is 0 Å². The van der Waals surface area contributed by atoms with Gasteiger partial charge >= 0.3 is 0 Å². The maximum absolute atomic E-state index is 14.1.